The standard InChI is InChI=1S/C17H30BN2/c1-13(16-12-18-16)15-8-6-4-5-7-14(9-10-19-2)17(11-15)20-3/h9-10,13-17,19H,3-8,11-12H2,1-2H3/b10-9-. The molecule has 0 aromatic heterocycles. The van der Waals surface area contributed by atoms with Gasteiger partial charge in [-0.1, -0.05) is 50.8 Å². The first-order valence-electron chi connectivity index (χ1n) is 8.39. The largest absolute Gasteiger partial charge is 0.394 e. The van der Waals surface area contributed by atoms with Gasteiger partial charge in [-0.15, -0.1) is 0 Å². The molecule has 3 heteroatoms. The monoisotopic (exact) mass is 273 g/mol. The van der Waals surface area contributed by atoms with Gasteiger partial charge in [0.25, 0.3) is 0 Å². The van der Waals surface area contributed by atoms with Gasteiger partial charge >= 0.3 is 0 Å². The lowest BCUT2D eigenvalue weighted by molar-refractivity contribution is 0.280. The molecule has 0 amide bonds. The Hall–Kier alpha value is -0.725. The summed E-state index contributed by atoms with van der Waals surface area (Å²) in [5.74, 6) is 3.12. The summed E-state index contributed by atoms with van der Waals surface area (Å²) < 4.78 is 0. The van der Waals surface area contributed by atoms with Gasteiger partial charge in [0.1, 0.15) is 7.28 Å². The van der Waals surface area contributed by atoms with E-state index in [-0.39, 0.29) is 0 Å². The summed E-state index contributed by atoms with van der Waals surface area (Å²) >= 11 is 0. The van der Waals surface area contributed by atoms with Crippen LogP contribution in [0.3, 0.4) is 0 Å². The molecule has 1 aliphatic carbocycles. The molecule has 111 valence electrons. The molecular weight excluding hydrogens is 243 g/mol. The summed E-state index contributed by atoms with van der Waals surface area (Å²) in [6, 6.07) is 0.406. The lowest BCUT2D eigenvalue weighted by atomic mass is 9.76. The minimum Gasteiger partial charge on any atom is -0.394 e. The van der Waals surface area contributed by atoms with E-state index < -0.39 is 0 Å². The second kappa shape index (κ2) is 7.90. The van der Waals surface area contributed by atoms with Crippen molar-refractivity contribution in [3.63, 3.8) is 0 Å². The topological polar surface area (TPSA) is 24.4 Å². The van der Waals surface area contributed by atoms with E-state index in [2.05, 4.69) is 43.5 Å². The van der Waals surface area contributed by atoms with E-state index >= 15 is 0 Å². The Balaban J connectivity index is 2.04. The van der Waals surface area contributed by atoms with Crippen LogP contribution in [0.2, 0.25) is 12.1 Å². The predicted octanol–water partition coefficient (Wildman–Crippen LogP) is 3.94. The molecule has 2 nitrogen and oxygen atoms in total. The van der Waals surface area contributed by atoms with Crippen LogP contribution in [-0.2, 0) is 0 Å². The van der Waals surface area contributed by atoms with Gasteiger partial charge < -0.3 is 5.32 Å². The maximum absolute atomic E-state index is 4.50. The molecular formula is C17H30BN2. The Bertz CT molecular complexity index is 325. The summed E-state index contributed by atoms with van der Waals surface area (Å²) in [5, 5.41) is 3.13. The fourth-order valence-corrected chi connectivity index (χ4v) is 3.75. The lowest BCUT2D eigenvalue weighted by Crippen LogP contribution is -2.24. The molecule has 0 bridgehead atoms. The number of rotatable bonds is 5. The second-order valence-electron chi connectivity index (χ2n) is 6.69. The fourth-order valence-electron chi connectivity index (χ4n) is 3.75. The van der Waals surface area contributed by atoms with E-state index in [0.29, 0.717) is 12.0 Å². The van der Waals surface area contributed by atoms with Gasteiger partial charge in [0.05, 0.1) is 6.04 Å². The van der Waals surface area contributed by atoms with Crippen LogP contribution in [0, 0.1) is 17.8 Å². The number of hydrogen-bond donors (Lipinski definition) is 1. The molecule has 2 fully saturated rings. The van der Waals surface area contributed by atoms with Crippen LogP contribution in [0.4, 0.5) is 0 Å². The highest BCUT2D eigenvalue weighted by Crippen LogP contribution is 2.44. The molecule has 0 spiro atoms. The first-order valence-corrected chi connectivity index (χ1v) is 8.39. The number of nitrogens with zero attached hydrogens (tertiary/aromatic N) is 1. The van der Waals surface area contributed by atoms with Gasteiger partial charge in [-0.25, -0.2) is 0 Å². The van der Waals surface area contributed by atoms with E-state index in [0.717, 1.165) is 17.7 Å². The Morgan fingerprint density at radius 2 is 2.05 bits per heavy atom. The van der Waals surface area contributed by atoms with Crippen LogP contribution >= 0.6 is 0 Å². The first-order chi connectivity index (χ1) is 9.76. The molecule has 1 N–H and O–H groups in total. The molecule has 1 saturated heterocycles. The number of aliphatic imine (C=N–C) groups is 1. The van der Waals surface area contributed by atoms with Crippen molar-refractivity contribution in [2.75, 3.05) is 7.05 Å². The van der Waals surface area contributed by atoms with E-state index in [9.17, 15) is 0 Å². The number of nitrogens with one attached hydrogen (secondary N) is 1. The van der Waals surface area contributed by atoms with Gasteiger partial charge in [0.2, 0.25) is 0 Å². The van der Waals surface area contributed by atoms with Gasteiger partial charge in [-0.05, 0) is 37.6 Å². The van der Waals surface area contributed by atoms with Crippen LogP contribution < -0.4 is 5.32 Å². The summed E-state index contributed by atoms with van der Waals surface area (Å²) in [7, 11) is 4.45. The maximum Gasteiger partial charge on any atom is 0.112 e. The van der Waals surface area contributed by atoms with Crippen molar-refractivity contribution in [3.8, 4) is 0 Å². The Kier molecular flexibility index (Phi) is 6.19. The summed E-state index contributed by atoms with van der Waals surface area (Å²) in [6.45, 7) is 6.34. The molecule has 5 unspecified atom stereocenters. The van der Waals surface area contributed by atoms with Crippen LogP contribution in [0.5, 0.6) is 0 Å². The quantitative estimate of drug-likeness (QED) is 0.595. The summed E-state index contributed by atoms with van der Waals surface area (Å²) in [4.78, 5) is 4.50. The SMILES string of the molecule is C=NC1CC(C(C)C2[B]C2)CCCCCC1/C=C\NC. The van der Waals surface area contributed by atoms with Crippen molar-refractivity contribution in [1.82, 2.24) is 5.32 Å². The molecule has 0 aromatic rings. The molecule has 5 atom stereocenters. The Morgan fingerprint density at radius 1 is 1.30 bits per heavy atom. The van der Waals surface area contributed by atoms with Crippen LogP contribution in [0.1, 0.15) is 45.4 Å². The van der Waals surface area contributed by atoms with Crippen LogP contribution in [-0.4, -0.2) is 27.1 Å². The minimum atomic E-state index is 0.406. The summed E-state index contributed by atoms with van der Waals surface area (Å²) in [6.07, 6.45) is 13.7. The third kappa shape index (κ3) is 4.39. The second-order valence-corrected chi connectivity index (χ2v) is 6.69. The zero-order chi connectivity index (χ0) is 14.4. The van der Waals surface area contributed by atoms with Crippen molar-refractivity contribution in [1.29, 1.82) is 0 Å². The van der Waals surface area contributed by atoms with Crippen molar-refractivity contribution in [2.24, 2.45) is 22.7 Å². The minimum absolute atomic E-state index is 0.406. The van der Waals surface area contributed by atoms with Gasteiger partial charge in [-0.3, -0.25) is 4.99 Å². The lowest BCUT2D eigenvalue weighted by Gasteiger charge is -2.29. The highest BCUT2D eigenvalue weighted by Gasteiger charge is 2.35. The molecule has 1 heterocycles. The van der Waals surface area contributed by atoms with E-state index in [1.54, 1.807) is 0 Å². The van der Waals surface area contributed by atoms with Crippen molar-refractivity contribution < 1.29 is 0 Å². The zero-order valence-electron chi connectivity index (χ0n) is 13.2. The van der Waals surface area contributed by atoms with Crippen LogP contribution in [0.25, 0.3) is 0 Å². The molecule has 1 saturated carbocycles. The average molecular weight is 273 g/mol. The zero-order valence-corrected chi connectivity index (χ0v) is 13.2. The van der Waals surface area contributed by atoms with E-state index in [4.69, 9.17) is 0 Å². The predicted molar refractivity (Wildman–Crippen MR) is 89.7 cm³/mol. The first kappa shape index (κ1) is 15.7. The van der Waals surface area contributed by atoms with E-state index in [1.165, 1.54) is 44.8 Å². The molecule has 1 aliphatic heterocycles. The molecule has 2 rings (SSSR count). The highest BCUT2D eigenvalue weighted by molar-refractivity contribution is 6.50. The third-order valence-corrected chi connectivity index (χ3v) is 5.32. The molecule has 20 heavy (non-hydrogen) atoms. The average Bonchev–Trinajstić information content (AvgIpc) is 3.28. The molecule has 0 aromatic carbocycles. The van der Waals surface area contributed by atoms with Gasteiger partial charge in [0.15, 0.2) is 0 Å². The van der Waals surface area contributed by atoms with Gasteiger partial charge in [0, 0.05) is 13.0 Å². The van der Waals surface area contributed by atoms with Gasteiger partial charge in [-0.2, -0.15) is 0 Å². The Morgan fingerprint density at radius 3 is 2.70 bits per heavy atom. The van der Waals surface area contributed by atoms with Crippen molar-refractivity contribution >= 4 is 14.0 Å². The molecule has 1 radical (unpaired) electrons. The van der Waals surface area contributed by atoms with Crippen molar-refractivity contribution in [3.05, 3.63) is 12.3 Å². The third-order valence-electron chi connectivity index (χ3n) is 5.32. The van der Waals surface area contributed by atoms with E-state index in [1.807, 2.05) is 7.05 Å². The smallest absolute Gasteiger partial charge is 0.112 e. The normalized spacial score (nSPS) is 36.3. The molecule has 2 aliphatic rings. The Labute approximate surface area is 125 Å². The number of hydrogen-bond acceptors (Lipinski definition) is 2. The summed E-state index contributed by atoms with van der Waals surface area (Å²) in [5.41, 5.74) is 0. The van der Waals surface area contributed by atoms with Crippen LogP contribution in [0.15, 0.2) is 17.3 Å². The fraction of sp³-hybridized carbons (Fsp3) is 0.824. The highest BCUT2D eigenvalue weighted by atomic mass is 14.8. The maximum atomic E-state index is 4.50. The van der Waals surface area contributed by atoms with Crippen molar-refractivity contribution in [2.45, 2.75) is 63.6 Å².